The van der Waals surface area contributed by atoms with Gasteiger partial charge in [-0.25, -0.2) is 0 Å². The number of aliphatic hydroxyl groups excluding tert-OH is 1. The highest BCUT2D eigenvalue weighted by atomic mass is 32.2. The molecule has 0 aliphatic heterocycles. The summed E-state index contributed by atoms with van der Waals surface area (Å²) < 4.78 is 0. The lowest BCUT2D eigenvalue weighted by atomic mass is 9.99. The van der Waals surface area contributed by atoms with Crippen molar-refractivity contribution < 1.29 is 5.11 Å². The molecule has 0 amide bonds. The van der Waals surface area contributed by atoms with Crippen molar-refractivity contribution in [3.8, 4) is 0 Å². The molecule has 0 spiro atoms. The zero-order chi connectivity index (χ0) is 13.7. The summed E-state index contributed by atoms with van der Waals surface area (Å²) in [4.78, 5) is 1.35. The first kappa shape index (κ1) is 14.9. The Morgan fingerprint density at radius 3 is 2.74 bits per heavy atom. The average Bonchev–Trinajstić information content (AvgIpc) is 2.83. The Morgan fingerprint density at radius 2 is 2.11 bits per heavy atom. The van der Waals surface area contributed by atoms with Gasteiger partial charge in [0.2, 0.25) is 0 Å². The number of benzene rings is 1. The van der Waals surface area contributed by atoms with E-state index in [1.54, 1.807) is 0 Å². The summed E-state index contributed by atoms with van der Waals surface area (Å²) in [6.07, 6.45) is 4.47. The molecule has 2 atom stereocenters. The van der Waals surface area contributed by atoms with Crippen molar-refractivity contribution in [2.45, 2.75) is 55.2 Å². The van der Waals surface area contributed by atoms with Gasteiger partial charge in [0.1, 0.15) is 0 Å². The molecule has 0 radical (unpaired) electrons. The first-order valence-corrected chi connectivity index (χ1v) is 8.14. The van der Waals surface area contributed by atoms with Crippen LogP contribution in [-0.4, -0.2) is 29.0 Å². The van der Waals surface area contributed by atoms with Crippen molar-refractivity contribution in [3.63, 3.8) is 0 Å². The van der Waals surface area contributed by atoms with Gasteiger partial charge in [-0.15, -0.1) is 11.8 Å². The van der Waals surface area contributed by atoms with Crippen molar-refractivity contribution in [2.24, 2.45) is 0 Å². The van der Waals surface area contributed by atoms with Gasteiger partial charge in [-0.1, -0.05) is 24.6 Å². The minimum Gasteiger partial charge on any atom is -0.394 e. The summed E-state index contributed by atoms with van der Waals surface area (Å²) in [7, 11) is 0. The van der Waals surface area contributed by atoms with Crippen LogP contribution >= 0.6 is 11.8 Å². The summed E-state index contributed by atoms with van der Waals surface area (Å²) in [6.45, 7) is 5.56. The van der Waals surface area contributed by atoms with Crippen LogP contribution in [0.5, 0.6) is 0 Å². The highest BCUT2D eigenvalue weighted by Gasteiger charge is 2.38. The second kappa shape index (κ2) is 6.78. The molecule has 1 fully saturated rings. The second-order valence-corrected chi connectivity index (χ2v) is 7.03. The van der Waals surface area contributed by atoms with Gasteiger partial charge in [0.25, 0.3) is 0 Å². The van der Waals surface area contributed by atoms with Crippen molar-refractivity contribution in [2.75, 3.05) is 13.2 Å². The van der Waals surface area contributed by atoms with E-state index in [9.17, 15) is 5.11 Å². The standard InChI is InChI=1S/C16H25NOS/c1-3-10-17-16(12-18)9-8-15(11-16)19-14-6-4-13(2)5-7-14/h4-7,15,17-18H,3,8-12H2,1-2H3. The van der Waals surface area contributed by atoms with Crippen molar-refractivity contribution in [1.29, 1.82) is 0 Å². The van der Waals surface area contributed by atoms with E-state index in [4.69, 9.17) is 0 Å². The van der Waals surface area contributed by atoms with Gasteiger partial charge in [-0.2, -0.15) is 0 Å². The van der Waals surface area contributed by atoms with Gasteiger partial charge in [0, 0.05) is 15.7 Å². The molecule has 1 aliphatic carbocycles. The molecule has 0 saturated heterocycles. The fourth-order valence-electron chi connectivity index (χ4n) is 2.74. The van der Waals surface area contributed by atoms with Gasteiger partial charge in [-0.05, 0) is 51.3 Å². The quantitative estimate of drug-likeness (QED) is 0.837. The first-order valence-electron chi connectivity index (χ1n) is 7.27. The topological polar surface area (TPSA) is 32.3 Å². The highest BCUT2D eigenvalue weighted by molar-refractivity contribution is 8.00. The molecule has 106 valence electrons. The number of nitrogens with one attached hydrogen (secondary N) is 1. The summed E-state index contributed by atoms with van der Waals surface area (Å²) in [5, 5.41) is 13.9. The largest absolute Gasteiger partial charge is 0.394 e. The van der Waals surface area contributed by atoms with E-state index in [0.29, 0.717) is 5.25 Å². The van der Waals surface area contributed by atoms with Crippen molar-refractivity contribution in [3.05, 3.63) is 29.8 Å². The summed E-state index contributed by atoms with van der Waals surface area (Å²) >= 11 is 1.96. The highest BCUT2D eigenvalue weighted by Crippen LogP contribution is 2.40. The lowest BCUT2D eigenvalue weighted by molar-refractivity contribution is 0.165. The van der Waals surface area contributed by atoms with Gasteiger partial charge in [0.15, 0.2) is 0 Å². The molecule has 1 saturated carbocycles. The van der Waals surface area contributed by atoms with Crippen molar-refractivity contribution in [1.82, 2.24) is 5.32 Å². The predicted octanol–water partition coefficient (Wildman–Crippen LogP) is 3.37. The average molecular weight is 279 g/mol. The third-order valence-corrected chi connectivity index (χ3v) is 5.22. The first-order chi connectivity index (χ1) is 9.17. The van der Waals surface area contributed by atoms with Crippen LogP contribution in [0.4, 0.5) is 0 Å². The van der Waals surface area contributed by atoms with Gasteiger partial charge in [0.05, 0.1) is 6.61 Å². The minimum absolute atomic E-state index is 0.0294. The van der Waals surface area contributed by atoms with E-state index < -0.39 is 0 Å². The summed E-state index contributed by atoms with van der Waals surface area (Å²) in [5.41, 5.74) is 1.28. The van der Waals surface area contributed by atoms with Crippen molar-refractivity contribution >= 4 is 11.8 Å². The Balaban J connectivity index is 1.91. The van der Waals surface area contributed by atoms with E-state index in [1.807, 2.05) is 11.8 Å². The molecule has 3 heteroatoms. The number of hydrogen-bond donors (Lipinski definition) is 2. The molecule has 1 aromatic rings. The normalized spacial score (nSPS) is 26.8. The van der Waals surface area contributed by atoms with Crippen LogP contribution in [0.1, 0.15) is 38.2 Å². The van der Waals surface area contributed by atoms with E-state index in [1.165, 1.54) is 16.9 Å². The Labute approximate surface area is 121 Å². The molecule has 0 bridgehead atoms. The fourth-order valence-corrected chi connectivity index (χ4v) is 4.05. The molecule has 2 N–H and O–H groups in total. The van der Waals surface area contributed by atoms with Crippen LogP contribution in [0, 0.1) is 6.92 Å². The molecule has 2 rings (SSSR count). The predicted molar refractivity (Wildman–Crippen MR) is 82.8 cm³/mol. The number of aliphatic hydroxyl groups is 1. The van der Waals surface area contributed by atoms with Gasteiger partial charge < -0.3 is 10.4 Å². The maximum atomic E-state index is 9.69. The smallest absolute Gasteiger partial charge is 0.0613 e. The third-order valence-electron chi connectivity index (χ3n) is 3.94. The number of aryl methyl sites for hydroxylation is 1. The zero-order valence-corrected chi connectivity index (χ0v) is 12.8. The van der Waals surface area contributed by atoms with Crippen LogP contribution < -0.4 is 5.32 Å². The number of thioether (sulfide) groups is 1. The monoisotopic (exact) mass is 279 g/mol. The zero-order valence-electron chi connectivity index (χ0n) is 12.0. The third kappa shape index (κ3) is 3.98. The number of hydrogen-bond acceptors (Lipinski definition) is 3. The molecule has 2 nitrogen and oxygen atoms in total. The summed E-state index contributed by atoms with van der Waals surface area (Å²) in [6, 6.07) is 8.76. The molecular weight excluding hydrogens is 254 g/mol. The maximum Gasteiger partial charge on any atom is 0.0613 e. The Bertz CT molecular complexity index is 392. The summed E-state index contributed by atoms with van der Waals surface area (Å²) in [5.74, 6) is 0. The van der Waals surface area contributed by atoms with Crippen LogP contribution in [-0.2, 0) is 0 Å². The van der Waals surface area contributed by atoms with E-state index in [-0.39, 0.29) is 12.1 Å². The molecule has 1 aromatic carbocycles. The molecule has 0 aromatic heterocycles. The lowest BCUT2D eigenvalue weighted by Gasteiger charge is -2.28. The van der Waals surface area contributed by atoms with Crippen LogP contribution in [0.15, 0.2) is 29.2 Å². The molecule has 19 heavy (non-hydrogen) atoms. The van der Waals surface area contributed by atoms with E-state index in [0.717, 1.165) is 25.8 Å². The lowest BCUT2D eigenvalue weighted by Crippen LogP contribution is -2.46. The van der Waals surface area contributed by atoms with Gasteiger partial charge >= 0.3 is 0 Å². The van der Waals surface area contributed by atoms with Crippen LogP contribution in [0.3, 0.4) is 0 Å². The van der Waals surface area contributed by atoms with Gasteiger partial charge in [-0.3, -0.25) is 0 Å². The van der Waals surface area contributed by atoms with Crippen LogP contribution in [0.25, 0.3) is 0 Å². The molecular formula is C16H25NOS. The minimum atomic E-state index is -0.0294. The molecule has 2 unspecified atom stereocenters. The maximum absolute atomic E-state index is 9.69. The van der Waals surface area contributed by atoms with E-state index >= 15 is 0 Å². The van der Waals surface area contributed by atoms with Crippen LogP contribution in [0.2, 0.25) is 0 Å². The Morgan fingerprint density at radius 1 is 1.37 bits per heavy atom. The Hall–Kier alpha value is -0.510. The molecule has 0 heterocycles. The Kier molecular flexibility index (Phi) is 5.31. The fraction of sp³-hybridized carbons (Fsp3) is 0.625. The SMILES string of the molecule is CCCNC1(CO)CCC(Sc2ccc(C)cc2)C1. The molecule has 1 aliphatic rings. The second-order valence-electron chi connectivity index (χ2n) is 5.66. The number of rotatable bonds is 6. The van der Waals surface area contributed by atoms with E-state index in [2.05, 4.69) is 43.4 Å².